The van der Waals surface area contributed by atoms with Crippen molar-refractivity contribution in [3.05, 3.63) is 28.2 Å². The summed E-state index contributed by atoms with van der Waals surface area (Å²) in [6.07, 6.45) is 0.865. The van der Waals surface area contributed by atoms with Crippen molar-refractivity contribution in [2.75, 3.05) is 7.11 Å². The molecule has 1 heterocycles. The molecule has 19 heavy (non-hydrogen) atoms. The number of piperidine rings is 1. The van der Waals surface area contributed by atoms with Crippen LogP contribution in [-0.2, 0) is 16.1 Å². The van der Waals surface area contributed by atoms with E-state index in [2.05, 4.69) is 15.9 Å². The Bertz CT molecular complexity index is 497. The Balaban J connectivity index is 2.23. The van der Waals surface area contributed by atoms with Crippen molar-refractivity contribution in [1.82, 2.24) is 4.90 Å². The third-order valence-corrected chi connectivity index (χ3v) is 3.71. The van der Waals surface area contributed by atoms with E-state index in [1.165, 1.54) is 4.90 Å². The zero-order valence-electron chi connectivity index (χ0n) is 11.0. The monoisotopic (exact) mass is 325 g/mol. The van der Waals surface area contributed by atoms with Crippen LogP contribution in [0.3, 0.4) is 0 Å². The quantitative estimate of drug-likeness (QED) is 0.803. The summed E-state index contributed by atoms with van der Waals surface area (Å²) in [6.45, 7) is 2.19. The number of nitrogens with zero attached hydrogens (tertiary/aromatic N) is 1. The van der Waals surface area contributed by atoms with Crippen LogP contribution in [0, 0.1) is 5.92 Å². The highest BCUT2D eigenvalue weighted by Crippen LogP contribution is 2.27. The molecular weight excluding hydrogens is 310 g/mol. The number of ether oxygens (including phenoxy) is 1. The lowest BCUT2D eigenvalue weighted by Gasteiger charge is -2.28. The Morgan fingerprint density at radius 2 is 1.95 bits per heavy atom. The van der Waals surface area contributed by atoms with Crippen LogP contribution in [0.1, 0.15) is 25.3 Å². The van der Waals surface area contributed by atoms with Crippen molar-refractivity contribution >= 4 is 27.7 Å². The average molecular weight is 326 g/mol. The van der Waals surface area contributed by atoms with E-state index in [1.54, 1.807) is 7.11 Å². The van der Waals surface area contributed by atoms with Crippen LogP contribution in [0.25, 0.3) is 0 Å². The fraction of sp³-hybridized carbons (Fsp3) is 0.429. The first-order chi connectivity index (χ1) is 9.01. The van der Waals surface area contributed by atoms with Gasteiger partial charge in [0.25, 0.3) is 0 Å². The lowest BCUT2D eigenvalue weighted by atomic mass is 9.97. The van der Waals surface area contributed by atoms with Gasteiger partial charge in [-0.15, -0.1) is 0 Å². The predicted octanol–water partition coefficient (Wildman–Crippen LogP) is 2.74. The van der Waals surface area contributed by atoms with E-state index >= 15 is 0 Å². The van der Waals surface area contributed by atoms with E-state index in [0.717, 1.165) is 10.0 Å². The number of imide groups is 1. The number of hydrogen-bond donors (Lipinski definition) is 0. The number of methoxy groups -OCH3 is 1. The average Bonchev–Trinajstić information content (AvgIpc) is 2.34. The molecule has 2 amide bonds. The Hall–Kier alpha value is -1.36. The molecule has 0 unspecified atom stereocenters. The van der Waals surface area contributed by atoms with E-state index < -0.39 is 0 Å². The van der Waals surface area contributed by atoms with Gasteiger partial charge in [0.05, 0.1) is 13.7 Å². The molecular formula is C14H16BrNO3. The summed E-state index contributed by atoms with van der Waals surface area (Å²) in [7, 11) is 1.58. The number of amides is 2. The van der Waals surface area contributed by atoms with Crippen LogP contribution in [-0.4, -0.2) is 23.8 Å². The van der Waals surface area contributed by atoms with Crippen molar-refractivity contribution in [1.29, 1.82) is 0 Å². The molecule has 2 rings (SSSR count). The molecule has 102 valence electrons. The third kappa shape index (κ3) is 3.15. The highest BCUT2D eigenvalue weighted by molar-refractivity contribution is 9.10. The Kier molecular flexibility index (Phi) is 4.24. The van der Waals surface area contributed by atoms with Gasteiger partial charge in [-0.05, 0) is 24.1 Å². The second kappa shape index (κ2) is 5.74. The molecule has 1 aromatic rings. The molecule has 1 aliphatic rings. The van der Waals surface area contributed by atoms with Crippen LogP contribution in [0.15, 0.2) is 22.7 Å². The summed E-state index contributed by atoms with van der Waals surface area (Å²) in [4.78, 5) is 25.2. The van der Waals surface area contributed by atoms with Crippen LogP contribution in [0.5, 0.6) is 5.75 Å². The van der Waals surface area contributed by atoms with Crippen molar-refractivity contribution in [3.63, 3.8) is 0 Å². The molecule has 1 fully saturated rings. The molecule has 0 saturated carbocycles. The van der Waals surface area contributed by atoms with Crippen molar-refractivity contribution in [2.24, 2.45) is 5.92 Å². The number of carbonyl (C=O) groups is 2. The molecule has 0 aliphatic carbocycles. The van der Waals surface area contributed by atoms with Crippen LogP contribution >= 0.6 is 15.9 Å². The van der Waals surface area contributed by atoms with Gasteiger partial charge in [-0.3, -0.25) is 14.5 Å². The third-order valence-electron chi connectivity index (χ3n) is 3.22. The number of benzene rings is 1. The van der Waals surface area contributed by atoms with Crippen molar-refractivity contribution in [3.8, 4) is 5.75 Å². The Labute approximate surface area is 120 Å². The number of halogens is 1. The van der Waals surface area contributed by atoms with Crippen LogP contribution < -0.4 is 4.74 Å². The van der Waals surface area contributed by atoms with E-state index in [1.807, 2.05) is 25.1 Å². The standard InChI is InChI=1S/C14H16BrNO3/c1-9-5-13(17)16(14(18)6-9)8-10-7-11(15)3-4-12(10)19-2/h3-4,7,9H,5-6,8H2,1-2H3. The molecule has 0 N–H and O–H groups in total. The van der Waals surface area contributed by atoms with Gasteiger partial charge in [-0.25, -0.2) is 0 Å². The summed E-state index contributed by atoms with van der Waals surface area (Å²) in [6, 6.07) is 5.56. The Morgan fingerprint density at radius 1 is 1.32 bits per heavy atom. The molecule has 0 atom stereocenters. The van der Waals surface area contributed by atoms with Gasteiger partial charge in [0.2, 0.25) is 11.8 Å². The van der Waals surface area contributed by atoms with E-state index in [9.17, 15) is 9.59 Å². The van der Waals surface area contributed by atoms with Gasteiger partial charge in [0, 0.05) is 22.9 Å². The van der Waals surface area contributed by atoms with Crippen molar-refractivity contribution < 1.29 is 14.3 Å². The van der Waals surface area contributed by atoms with E-state index in [4.69, 9.17) is 4.74 Å². The number of likely N-dealkylation sites (tertiary alicyclic amines) is 1. The number of hydrogen-bond acceptors (Lipinski definition) is 3. The summed E-state index contributed by atoms with van der Waals surface area (Å²) >= 11 is 3.39. The van der Waals surface area contributed by atoms with Crippen LogP contribution in [0.4, 0.5) is 0 Å². The predicted molar refractivity (Wildman–Crippen MR) is 74.6 cm³/mol. The maximum absolute atomic E-state index is 12.0. The van der Waals surface area contributed by atoms with Gasteiger partial charge in [-0.1, -0.05) is 22.9 Å². The van der Waals surface area contributed by atoms with Crippen molar-refractivity contribution in [2.45, 2.75) is 26.3 Å². The zero-order chi connectivity index (χ0) is 14.0. The Morgan fingerprint density at radius 3 is 2.53 bits per heavy atom. The largest absolute Gasteiger partial charge is 0.496 e. The normalized spacial score (nSPS) is 16.9. The fourth-order valence-electron chi connectivity index (χ4n) is 2.25. The van der Waals surface area contributed by atoms with E-state index in [0.29, 0.717) is 18.6 Å². The minimum absolute atomic E-state index is 0.106. The molecule has 0 radical (unpaired) electrons. The van der Waals surface area contributed by atoms with E-state index in [-0.39, 0.29) is 24.3 Å². The van der Waals surface area contributed by atoms with Gasteiger partial charge in [-0.2, -0.15) is 0 Å². The topological polar surface area (TPSA) is 46.6 Å². The number of carbonyl (C=O) groups excluding carboxylic acids is 2. The fourth-order valence-corrected chi connectivity index (χ4v) is 2.65. The molecule has 5 heteroatoms. The lowest BCUT2D eigenvalue weighted by Crippen LogP contribution is -2.42. The second-order valence-corrected chi connectivity index (χ2v) is 5.76. The summed E-state index contributed by atoms with van der Waals surface area (Å²) in [5, 5.41) is 0. The van der Waals surface area contributed by atoms with Crippen LogP contribution in [0.2, 0.25) is 0 Å². The number of rotatable bonds is 3. The summed E-state index contributed by atoms with van der Waals surface area (Å²) in [5.74, 6) is 0.611. The van der Waals surface area contributed by atoms with Gasteiger partial charge >= 0.3 is 0 Å². The maximum Gasteiger partial charge on any atom is 0.229 e. The maximum atomic E-state index is 12.0. The highest BCUT2D eigenvalue weighted by atomic mass is 79.9. The SMILES string of the molecule is COc1ccc(Br)cc1CN1C(=O)CC(C)CC1=O. The summed E-state index contributed by atoms with van der Waals surface area (Å²) in [5.41, 5.74) is 0.827. The molecule has 1 saturated heterocycles. The first kappa shape index (κ1) is 14.1. The minimum Gasteiger partial charge on any atom is -0.496 e. The molecule has 0 bridgehead atoms. The smallest absolute Gasteiger partial charge is 0.229 e. The molecule has 1 aromatic carbocycles. The molecule has 0 spiro atoms. The van der Waals surface area contributed by atoms with Gasteiger partial charge in [0.15, 0.2) is 0 Å². The lowest BCUT2D eigenvalue weighted by molar-refractivity contribution is -0.150. The molecule has 4 nitrogen and oxygen atoms in total. The second-order valence-electron chi connectivity index (χ2n) is 4.84. The van der Waals surface area contributed by atoms with Gasteiger partial charge in [0.1, 0.15) is 5.75 Å². The highest BCUT2D eigenvalue weighted by Gasteiger charge is 2.30. The first-order valence-electron chi connectivity index (χ1n) is 6.17. The van der Waals surface area contributed by atoms with Gasteiger partial charge < -0.3 is 4.74 Å². The molecule has 0 aromatic heterocycles. The first-order valence-corrected chi connectivity index (χ1v) is 6.96. The molecule has 1 aliphatic heterocycles. The summed E-state index contributed by atoms with van der Waals surface area (Å²) < 4.78 is 6.16. The zero-order valence-corrected chi connectivity index (χ0v) is 12.6. The minimum atomic E-state index is -0.106.